The average molecular weight is 306 g/mol. The van der Waals surface area contributed by atoms with Crippen LogP contribution in [0.2, 0.25) is 0 Å². The van der Waals surface area contributed by atoms with Gasteiger partial charge >= 0.3 is 0 Å². The van der Waals surface area contributed by atoms with Crippen molar-refractivity contribution in [3.63, 3.8) is 0 Å². The molecule has 0 atom stereocenters. The fraction of sp³-hybridized carbons (Fsp3) is 0.714. The zero-order chi connectivity index (χ0) is 17.0. The Hall–Kier alpha value is -0.820. The van der Waals surface area contributed by atoms with E-state index in [0.717, 1.165) is 18.9 Å². The Morgan fingerprint density at radius 2 is 1.55 bits per heavy atom. The molecule has 1 rings (SSSR count). The van der Waals surface area contributed by atoms with E-state index in [1.165, 1.54) is 44.1 Å². The zero-order valence-corrected chi connectivity index (χ0v) is 16.0. The molecule has 0 aliphatic carbocycles. The third kappa shape index (κ3) is 7.98. The smallest absolute Gasteiger partial charge is 0.00773 e. The maximum Gasteiger partial charge on any atom is -0.00773 e. The molecule has 0 saturated carbocycles. The average Bonchev–Trinajstić information content (AvgIpc) is 2.51. The Morgan fingerprint density at radius 3 is 2.09 bits per heavy atom. The number of hydrogen-bond acceptors (Lipinski definition) is 1. The molecular weight excluding hydrogens is 266 g/mol. The van der Waals surface area contributed by atoms with Crippen LogP contribution in [0.5, 0.6) is 0 Å². The summed E-state index contributed by atoms with van der Waals surface area (Å²) in [7, 11) is 0. The van der Waals surface area contributed by atoms with E-state index in [4.69, 9.17) is 5.73 Å². The summed E-state index contributed by atoms with van der Waals surface area (Å²) in [5, 5.41) is 0. The van der Waals surface area contributed by atoms with Crippen LogP contribution in [0.25, 0.3) is 0 Å². The summed E-state index contributed by atoms with van der Waals surface area (Å²) < 4.78 is 0. The van der Waals surface area contributed by atoms with Gasteiger partial charge in [-0.15, -0.1) is 0 Å². The van der Waals surface area contributed by atoms with Crippen LogP contribution in [0.3, 0.4) is 0 Å². The van der Waals surface area contributed by atoms with Crippen LogP contribution < -0.4 is 5.73 Å². The molecule has 0 aliphatic heterocycles. The molecule has 22 heavy (non-hydrogen) atoms. The first-order chi connectivity index (χ1) is 10.6. The van der Waals surface area contributed by atoms with Crippen molar-refractivity contribution in [3.8, 4) is 0 Å². The number of unbranched alkanes of at least 4 members (excludes halogenated alkanes) is 3. The fourth-order valence-electron chi connectivity index (χ4n) is 2.90. The van der Waals surface area contributed by atoms with Gasteiger partial charge in [0.25, 0.3) is 0 Å². The van der Waals surface area contributed by atoms with E-state index < -0.39 is 0 Å². The fourth-order valence-corrected chi connectivity index (χ4v) is 2.90. The number of hydrogen-bond donors (Lipinski definition) is 1. The predicted octanol–water partition coefficient (Wildman–Crippen LogP) is 5.84. The summed E-state index contributed by atoms with van der Waals surface area (Å²) in [5.41, 5.74) is 11.7. The van der Waals surface area contributed by atoms with Crippen molar-refractivity contribution < 1.29 is 0 Å². The zero-order valence-electron chi connectivity index (χ0n) is 16.0. The van der Waals surface area contributed by atoms with Crippen LogP contribution in [0.4, 0.5) is 0 Å². The molecule has 0 heterocycles. The highest BCUT2D eigenvalue weighted by Crippen LogP contribution is 2.22. The molecule has 0 radical (unpaired) electrons. The third-order valence-electron chi connectivity index (χ3n) is 4.07. The predicted molar refractivity (Wildman–Crippen MR) is 102 cm³/mol. The van der Waals surface area contributed by atoms with Crippen molar-refractivity contribution in [1.82, 2.24) is 0 Å². The minimum atomic E-state index is 0.737. The molecule has 1 heteroatoms. The number of benzene rings is 1. The Labute approximate surface area is 139 Å². The van der Waals surface area contributed by atoms with Crippen molar-refractivity contribution in [1.29, 1.82) is 0 Å². The molecular formula is C21H39N. The van der Waals surface area contributed by atoms with E-state index in [9.17, 15) is 0 Å². The molecule has 0 unspecified atom stereocenters. The van der Waals surface area contributed by atoms with Gasteiger partial charge in [-0.1, -0.05) is 59.6 Å². The lowest BCUT2D eigenvalue weighted by atomic mass is 9.90. The minimum absolute atomic E-state index is 0.737. The lowest BCUT2D eigenvalue weighted by Gasteiger charge is -2.15. The summed E-state index contributed by atoms with van der Waals surface area (Å²) in [5.74, 6) is 0.737. The topological polar surface area (TPSA) is 26.0 Å². The molecule has 2 N–H and O–H groups in total. The monoisotopic (exact) mass is 305 g/mol. The van der Waals surface area contributed by atoms with E-state index in [-0.39, 0.29) is 0 Å². The molecule has 0 spiro atoms. The highest BCUT2D eigenvalue weighted by molar-refractivity contribution is 5.38. The second-order valence-electron chi connectivity index (χ2n) is 6.45. The molecule has 1 aromatic rings. The van der Waals surface area contributed by atoms with E-state index in [2.05, 4.69) is 39.8 Å². The van der Waals surface area contributed by atoms with Gasteiger partial charge in [-0.2, -0.15) is 0 Å². The summed E-state index contributed by atoms with van der Waals surface area (Å²) >= 11 is 0. The van der Waals surface area contributed by atoms with Crippen molar-refractivity contribution in [2.24, 2.45) is 11.7 Å². The molecule has 128 valence electrons. The van der Waals surface area contributed by atoms with Gasteiger partial charge in [0.15, 0.2) is 0 Å². The maximum absolute atomic E-state index is 5.54. The van der Waals surface area contributed by atoms with Gasteiger partial charge < -0.3 is 5.73 Å². The number of rotatable bonds is 9. The van der Waals surface area contributed by atoms with Crippen molar-refractivity contribution in [3.05, 3.63) is 34.4 Å². The molecule has 1 nitrogen and oxygen atoms in total. The van der Waals surface area contributed by atoms with E-state index in [1.807, 2.05) is 13.8 Å². The SMILES string of the molecule is CC.CCc1cc(CC(C)C)c(C)cc1CCCCCCN. The van der Waals surface area contributed by atoms with Crippen LogP contribution >= 0.6 is 0 Å². The first-order valence-electron chi connectivity index (χ1n) is 9.39. The summed E-state index contributed by atoms with van der Waals surface area (Å²) in [6.07, 6.45) is 8.66. The van der Waals surface area contributed by atoms with Gasteiger partial charge in [0.1, 0.15) is 0 Å². The highest BCUT2D eigenvalue weighted by Gasteiger charge is 2.08. The quantitative estimate of drug-likeness (QED) is 0.569. The highest BCUT2D eigenvalue weighted by atomic mass is 14.5. The largest absolute Gasteiger partial charge is 0.330 e. The molecule has 0 aromatic heterocycles. The van der Waals surface area contributed by atoms with Gasteiger partial charge in [0.05, 0.1) is 0 Å². The number of aryl methyl sites for hydroxylation is 3. The Morgan fingerprint density at radius 1 is 0.909 bits per heavy atom. The Balaban J connectivity index is 0.00000211. The Bertz CT molecular complexity index is 393. The van der Waals surface area contributed by atoms with Gasteiger partial charge in [-0.05, 0) is 73.7 Å². The van der Waals surface area contributed by atoms with Crippen molar-refractivity contribution in [2.75, 3.05) is 6.54 Å². The molecule has 0 fully saturated rings. The van der Waals surface area contributed by atoms with Crippen LogP contribution in [-0.4, -0.2) is 6.54 Å². The summed E-state index contributed by atoms with van der Waals surface area (Å²) in [6, 6.07) is 4.91. The lowest BCUT2D eigenvalue weighted by molar-refractivity contribution is 0.638. The first-order valence-corrected chi connectivity index (χ1v) is 9.39. The molecule has 0 aliphatic rings. The van der Waals surface area contributed by atoms with Gasteiger partial charge in [0, 0.05) is 0 Å². The Kier molecular flexibility index (Phi) is 12.2. The van der Waals surface area contributed by atoms with Crippen LogP contribution in [-0.2, 0) is 19.3 Å². The van der Waals surface area contributed by atoms with E-state index in [0.29, 0.717) is 0 Å². The molecule has 0 bridgehead atoms. The first kappa shape index (κ1) is 21.2. The molecule has 0 amide bonds. The van der Waals surface area contributed by atoms with E-state index >= 15 is 0 Å². The van der Waals surface area contributed by atoms with Crippen molar-refractivity contribution in [2.45, 2.75) is 86.5 Å². The maximum atomic E-state index is 5.54. The van der Waals surface area contributed by atoms with Crippen LogP contribution in [0, 0.1) is 12.8 Å². The summed E-state index contributed by atoms with van der Waals surface area (Å²) in [4.78, 5) is 0. The van der Waals surface area contributed by atoms with Crippen LogP contribution in [0.15, 0.2) is 12.1 Å². The normalized spacial score (nSPS) is 10.5. The molecule has 0 saturated heterocycles. The molecule has 1 aromatic carbocycles. The van der Waals surface area contributed by atoms with E-state index in [1.54, 1.807) is 16.7 Å². The number of nitrogens with two attached hydrogens (primary N) is 1. The van der Waals surface area contributed by atoms with Crippen molar-refractivity contribution >= 4 is 0 Å². The second-order valence-corrected chi connectivity index (χ2v) is 6.45. The van der Waals surface area contributed by atoms with Crippen LogP contribution in [0.1, 0.15) is 82.6 Å². The van der Waals surface area contributed by atoms with Gasteiger partial charge in [0.2, 0.25) is 0 Å². The lowest BCUT2D eigenvalue weighted by Crippen LogP contribution is -2.02. The minimum Gasteiger partial charge on any atom is -0.330 e. The summed E-state index contributed by atoms with van der Waals surface area (Å²) in [6.45, 7) is 14.0. The second kappa shape index (κ2) is 12.7. The van der Waals surface area contributed by atoms with Gasteiger partial charge in [-0.3, -0.25) is 0 Å². The third-order valence-corrected chi connectivity index (χ3v) is 4.07. The standard InChI is InChI=1S/C19H33N.C2H6/c1-5-17-14-19(12-15(2)3)16(4)13-18(17)10-8-6-7-9-11-20;1-2/h13-15H,5-12,20H2,1-4H3;1-2H3. The van der Waals surface area contributed by atoms with Gasteiger partial charge in [-0.25, -0.2) is 0 Å².